The van der Waals surface area contributed by atoms with Gasteiger partial charge in [-0.2, -0.15) is 0 Å². The second kappa shape index (κ2) is 4.83. The average Bonchev–Trinajstić information content (AvgIpc) is 2.16. The van der Waals surface area contributed by atoms with Crippen LogP contribution in [-0.2, 0) is 29.4 Å². The van der Waals surface area contributed by atoms with Gasteiger partial charge in [0, 0.05) is 22.4 Å². The van der Waals surface area contributed by atoms with E-state index in [1.165, 1.54) is 4.57 Å². The fourth-order valence-electron chi connectivity index (χ4n) is 1.22. The van der Waals surface area contributed by atoms with Gasteiger partial charge in [0.2, 0.25) is 0 Å². The third-order valence-electron chi connectivity index (χ3n) is 2.00. The molecule has 1 aromatic heterocycles. The Morgan fingerprint density at radius 2 is 2.13 bits per heavy atom. The summed E-state index contributed by atoms with van der Waals surface area (Å²) >= 11 is 8.54. The average molecular weight is 470 g/mol. The van der Waals surface area contributed by atoms with Crippen molar-refractivity contribution < 1.29 is 22.4 Å². The fourth-order valence-corrected chi connectivity index (χ4v) is 1.78. The first-order valence-electron chi connectivity index (χ1n) is 3.93. The summed E-state index contributed by atoms with van der Waals surface area (Å²) in [6, 6.07) is 5.08. The molecule has 2 radical (unpaired) electrons. The molecule has 0 fully saturated rings. The summed E-state index contributed by atoms with van der Waals surface area (Å²) in [5, 5.41) is 1.09. The molecule has 0 unspecified atom stereocenters. The molecule has 3 nitrogen and oxygen atoms in total. The molecule has 15 heavy (non-hydrogen) atoms. The largest absolute Gasteiger partial charge is 0 e. The Balaban J connectivity index is 0.00000112. The van der Waals surface area contributed by atoms with Crippen molar-refractivity contribution in [3.63, 3.8) is 0 Å². The molecule has 0 saturated heterocycles. The number of hydrogen-bond donors (Lipinski definition) is 0. The molecule has 0 amide bonds. The summed E-state index contributed by atoms with van der Waals surface area (Å²) < 4.78 is 2.03. The topological polar surface area (TPSA) is 34.9 Å². The predicted octanol–water partition coefficient (Wildman–Crippen LogP) is 0.378. The summed E-state index contributed by atoms with van der Waals surface area (Å²) in [5.41, 5.74) is 0.567. The summed E-state index contributed by atoms with van der Waals surface area (Å²) in [6.45, 7) is 0. The molecule has 2 rings (SSSR count). The Bertz CT molecular complexity index is 570. The van der Waals surface area contributed by atoms with E-state index in [-0.39, 0.29) is 27.9 Å². The zero-order valence-corrected chi connectivity index (χ0v) is 12.3. The van der Waals surface area contributed by atoms with Crippen LogP contribution >= 0.6 is 11.6 Å². The van der Waals surface area contributed by atoms with Crippen molar-refractivity contribution in [2.45, 2.75) is 0 Å². The van der Waals surface area contributed by atoms with E-state index in [4.69, 9.17) is 11.6 Å². The first-order chi connectivity index (χ1) is 6.59. The van der Waals surface area contributed by atoms with Crippen molar-refractivity contribution >= 4 is 43.2 Å². The van der Waals surface area contributed by atoms with Crippen LogP contribution in [-0.4, -0.2) is 25.6 Å². The minimum absolute atomic E-state index is 0. The smallest absolute Gasteiger partial charge is 0 e. The van der Waals surface area contributed by atoms with Gasteiger partial charge in [0.05, 0.1) is 0 Å². The third kappa shape index (κ3) is 2.36. The van der Waals surface area contributed by atoms with Crippen LogP contribution in [0.3, 0.4) is 0 Å². The van der Waals surface area contributed by atoms with Crippen molar-refractivity contribution in [1.82, 2.24) is 9.55 Å². The number of hydrogen-bond acceptors (Lipinski definition) is 2. The summed E-state index contributed by atoms with van der Waals surface area (Å²) in [6.07, 6.45) is 0. The molecule has 0 saturated carbocycles. The first kappa shape index (κ1) is 13.0. The zero-order valence-electron chi connectivity index (χ0n) is 7.62. The van der Waals surface area contributed by atoms with Gasteiger partial charge < -0.3 is 0 Å². The normalized spacial score (nSPS) is 10.0. The van der Waals surface area contributed by atoms with E-state index in [1.807, 2.05) is 0 Å². The van der Waals surface area contributed by atoms with E-state index >= 15 is 0 Å². The number of rotatable bonds is 0. The molecule has 0 aliphatic carbocycles. The van der Waals surface area contributed by atoms with Crippen molar-refractivity contribution in [3.05, 3.63) is 33.6 Å². The minimum atomic E-state index is -0.0914. The quantitative estimate of drug-likeness (QED) is 0.523. The Morgan fingerprint density at radius 3 is 2.80 bits per heavy atom. The summed E-state index contributed by atoms with van der Waals surface area (Å²) in [4.78, 5) is 16.0. The van der Waals surface area contributed by atoms with Crippen LogP contribution in [0, 0.1) is 0 Å². The monoisotopic (exact) mass is 470 g/mol. The van der Waals surface area contributed by atoms with Crippen LogP contribution in [0.5, 0.6) is 0 Å². The van der Waals surface area contributed by atoms with Crippen LogP contribution in [0.2, 0.25) is 5.02 Å². The summed E-state index contributed by atoms with van der Waals surface area (Å²) in [7, 11) is 1.67. The van der Waals surface area contributed by atoms with Gasteiger partial charge >= 0.3 is 93.4 Å². The second-order valence-electron chi connectivity index (χ2n) is 2.92. The number of halogens is 1. The molecule has 6 heteroatoms. The SMILES string of the molecule is Cn1c([Se])nc2ccc(Cl)cc2c1=O.[Au]. The Kier molecular flexibility index (Phi) is 4.18. The van der Waals surface area contributed by atoms with Crippen LogP contribution in [0.4, 0.5) is 0 Å². The van der Waals surface area contributed by atoms with E-state index < -0.39 is 0 Å². The molecule has 82 valence electrons. The van der Waals surface area contributed by atoms with Gasteiger partial charge in [-0.25, -0.2) is 0 Å². The molecule has 0 bridgehead atoms. The summed E-state index contributed by atoms with van der Waals surface area (Å²) in [5.74, 6) is 0. The van der Waals surface area contributed by atoms with Gasteiger partial charge in [0.25, 0.3) is 0 Å². The van der Waals surface area contributed by atoms with Gasteiger partial charge in [-0.1, -0.05) is 0 Å². The fraction of sp³-hybridized carbons (Fsp3) is 0.111. The Hall–Kier alpha value is -0.0903. The van der Waals surface area contributed by atoms with Gasteiger partial charge in [-0.3, -0.25) is 0 Å². The minimum Gasteiger partial charge on any atom is 0 e. The molecule has 0 N–H and O–H groups in total. The number of nitrogens with zero attached hydrogens (tertiary/aromatic N) is 2. The van der Waals surface area contributed by atoms with Crippen molar-refractivity contribution in [2.24, 2.45) is 7.05 Å². The van der Waals surface area contributed by atoms with Gasteiger partial charge in [-0.05, 0) is 0 Å². The molecule has 0 aliphatic heterocycles. The van der Waals surface area contributed by atoms with Crippen molar-refractivity contribution in [2.75, 3.05) is 0 Å². The van der Waals surface area contributed by atoms with Crippen molar-refractivity contribution in [1.29, 1.82) is 0 Å². The molecule has 1 heterocycles. The molecule has 0 spiro atoms. The molecule has 1 aromatic carbocycles. The van der Waals surface area contributed by atoms with Crippen LogP contribution < -0.4 is 10.3 Å². The van der Waals surface area contributed by atoms with Gasteiger partial charge in [0.15, 0.2) is 0 Å². The van der Waals surface area contributed by atoms with Crippen molar-refractivity contribution in [3.8, 4) is 0 Å². The van der Waals surface area contributed by atoms with E-state index in [9.17, 15) is 4.79 Å². The second-order valence-corrected chi connectivity index (χ2v) is 4.12. The molecule has 2 aromatic rings. The zero-order chi connectivity index (χ0) is 10.3. The Labute approximate surface area is 115 Å². The van der Waals surface area contributed by atoms with E-state index in [2.05, 4.69) is 21.0 Å². The molecular formula is C9H6AuClN2OSe. The molecule has 0 aliphatic rings. The standard InChI is InChI=1S/C9H6ClN2OSe.Au/c1-12-8(13)6-4-5(10)2-3-7(6)11-9(12)14;/h2-4H,1H3;. The van der Waals surface area contributed by atoms with Gasteiger partial charge in [-0.15, -0.1) is 0 Å². The molecule has 0 atom stereocenters. The van der Waals surface area contributed by atoms with Crippen LogP contribution in [0.15, 0.2) is 23.0 Å². The van der Waals surface area contributed by atoms with E-state index in [1.54, 1.807) is 25.2 Å². The maximum absolute atomic E-state index is 11.7. The first-order valence-corrected chi connectivity index (χ1v) is 5.16. The predicted molar refractivity (Wildman–Crippen MR) is 57.4 cm³/mol. The molecular weight excluding hydrogens is 463 g/mol. The third-order valence-corrected chi connectivity index (χ3v) is 3.00. The van der Waals surface area contributed by atoms with Crippen LogP contribution in [0.25, 0.3) is 10.9 Å². The van der Waals surface area contributed by atoms with E-state index in [0.29, 0.717) is 20.6 Å². The maximum atomic E-state index is 11.7. The number of benzene rings is 1. The number of aromatic nitrogens is 2. The van der Waals surface area contributed by atoms with Crippen LogP contribution in [0.1, 0.15) is 0 Å². The number of fused-ring (bicyclic) bond motifs is 1. The maximum Gasteiger partial charge on any atom is 0 e. The Morgan fingerprint density at radius 1 is 1.47 bits per heavy atom. The van der Waals surface area contributed by atoms with E-state index in [0.717, 1.165) is 0 Å². The van der Waals surface area contributed by atoms with Gasteiger partial charge in [0.1, 0.15) is 0 Å².